The summed E-state index contributed by atoms with van der Waals surface area (Å²) >= 11 is 0. The first-order chi connectivity index (χ1) is 9.45. The van der Waals surface area contributed by atoms with E-state index in [0.29, 0.717) is 11.3 Å². The number of para-hydroxylation sites is 1. The maximum atomic E-state index is 11.9. The van der Waals surface area contributed by atoms with E-state index in [1.54, 1.807) is 12.1 Å². The van der Waals surface area contributed by atoms with E-state index in [1.807, 2.05) is 26.8 Å². The highest BCUT2D eigenvalue weighted by atomic mass is 16.5. The second kappa shape index (κ2) is 7.53. The van der Waals surface area contributed by atoms with Crippen molar-refractivity contribution in [2.45, 2.75) is 39.7 Å². The molecule has 20 heavy (non-hydrogen) atoms. The Bertz CT molecular complexity index is 486. The van der Waals surface area contributed by atoms with E-state index in [-0.39, 0.29) is 18.6 Å². The van der Waals surface area contributed by atoms with Crippen LogP contribution >= 0.6 is 0 Å². The second-order valence-corrected chi connectivity index (χ2v) is 4.87. The van der Waals surface area contributed by atoms with Crippen LogP contribution in [0.2, 0.25) is 0 Å². The van der Waals surface area contributed by atoms with Gasteiger partial charge in [0.25, 0.3) is 5.91 Å². The smallest absolute Gasteiger partial charge is 0.340 e. The normalized spacial score (nSPS) is 11.8. The van der Waals surface area contributed by atoms with Gasteiger partial charge >= 0.3 is 5.97 Å². The number of carbonyl (C=O) groups is 2. The molecule has 0 radical (unpaired) electrons. The number of carbonyl (C=O) groups excluding carboxylic acids is 2. The highest BCUT2D eigenvalue weighted by Gasteiger charge is 2.14. The van der Waals surface area contributed by atoms with Gasteiger partial charge in [0.05, 0.1) is 5.56 Å². The molecule has 1 rings (SSSR count). The number of ether oxygens (including phenoxy) is 1. The van der Waals surface area contributed by atoms with Crippen LogP contribution in [0.1, 0.15) is 42.6 Å². The Balaban J connectivity index is 2.51. The summed E-state index contributed by atoms with van der Waals surface area (Å²) in [7, 11) is 0. The standard InChI is InChI=1S/C15H22N2O3/c1-4-6-11(3)17-13(18)9-20-15(19)12-8-5-7-10(2)14(12)16/h5,7-8,11H,4,6,9,16H2,1-3H3,(H,17,18)/t11-/m0/s1. The summed E-state index contributed by atoms with van der Waals surface area (Å²) < 4.78 is 4.97. The van der Waals surface area contributed by atoms with E-state index in [4.69, 9.17) is 10.5 Å². The number of amides is 1. The molecule has 0 bridgehead atoms. The van der Waals surface area contributed by atoms with Crippen LogP contribution in [0.25, 0.3) is 0 Å². The molecule has 1 aromatic rings. The molecule has 0 aliphatic carbocycles. The highest BCUT2D eigenvalue weighted by Crippen LogP contribution is 2.17. The van der Waals surface area contributed by atoms with Gasteiger partial charge in [-0.15, -0.1) is 0 Å². The Morgan fingerprint density at radius 1 is 1.40 bits per heavy atom. The third-order valence-corrected chi connectivity index (χ3v) is 3.01. The lowest BCUT2D eigenvalue weighted by molar-refractivity contribution is -0.124. The van der Waals surface area contributed by atoms with Crippen LogP contribution in [0.4, 0.5) is 5.69 Å². The van der Waals surface area contributed by atoms with Gasteiger partial charge < -0.3 is 15.8 Å². The summed E-state index contributed by atoms with van der Waals surface area (Å²) in [6.07, 6.45) is 1.88. The molecule has 1 amide bonds. The first-order valence-electron chi connectivity index (χ1n) is 6.77. The molecule has 110 valence electrons. The highest BCUT2D eigenvalue weighted by molar-refractivity contribution is 5.96. The van der Waals surface area contributed by atoms with Gasteiger partial charge in [-0.2, -0.15) is 0 Å². The number of rotatable bonds is 6. The summed E-state index contributed by atoms with van der Waals surface area (Å²) in [5.74, 6) is -0.880. The summed E-state index contributed by atoms with van der Waals surface area (Å²) in [6, 6.07) is 5.20. The number of hydrogen-bond donors (Lipinski definition) is 2. The molecule has 5 nitrogen and oxygen atoms in total. The summed E-state index contributed by atoms with van der Waals surface area (Å²) in [5.41, 5.74) is 7.29. The Morgan fingerprint density at radius 3 is 2.75 bits per heavy atom. The van der Waals surface area contributed by atoms with Crippen LogP contribution in [-0.2, 0) is 9.53 Å². The van der Waals surface area contributed by atoms with Crippen molar-refractivity contribution >= 4 is 17.6 Å². The van der Waals surface area contributed by atoms with E-state index in [1.165, 1.54) is 0 Å². The van der Waals surface area contributed by atoms with Gasteiger partial charge in [-0.05, 0) is 31.9 Å². The number of hydrogen-bond acceptors (Lipinski definition) is 4. The van der Waals surface area contributed by atoms with Crippen LogP contribution in [0.5, 0.6) is 0 Å². The fourth-order valence-corrected chi connectivity index (χ4v) is 1.89. The largest absolute Gasteiger partial charge is 0.452 e. The van der Waals surface area contributed by atoms with Gasteiger partial charge in [-0.25, -0.2) is 4.79 Å². The topological polar surface area (TPSA) is 81.4 Å². The molecule has 3 N–H and O–H groups in total. The maximum Gasteiger partial charge on any atom is 0.340 e. The Hall–Kier alpha value is -2.04. The number of aryl methyl sites for hydroxylation is 1. The van der Waals surface area contributed by atoms with Gasteiger partial charge in [0, 0.05) is 11.7 Å². The summed E-state index contributed by atoms with van der Waals surface area (Å²) in [4.78, 5) is 23.4. The number of anilines is 1. The quantitative estimate of drug-likeness (QED) is 0.616. The van der Waals surface area contributed by atoms with E-state index in [9.17, 15) is 9.59 Å². The van der Waals surface area contributed by atoms with Crippen molar-refractivity contribution in [1.29, 1.82) is 0 Å². The third-order valence-electron chi connectivity index (χ3n) is 3.01. The number of nitrogen functional groups attached to an aromatic ring is 1. The van der Waals surface area contributed by atoms with Crippen LogP contribution in [0.15, 0.2) is 18.2 Å². The fraction of sp³-hybridized carbons (Fsp3) is 0.467. The SMILES string of the molecule is CCC[C@H](C)NC(=O)COC(=O)c1cccc(C)c1N. The zero-order chi connectivity index (χ0) is 15.1. The van der Waals surface area contributed by atoms with E-state index in [2.05, 4.69) is 5.32 Å². The number of benzene rings is 1. The van der Waals surface area contributed by atoms with Crippen molar-refractivity contribution in [3.63, 3.8) is 0 Å². The van der Waals surface area contributed by atoms with E-state index >= 15 is 0 Å². The molecule has 0 aliphatic rings. The molecule has 0 saturated carbocycles. The predicted molar refractivity (Wildman–Crippen MR) is 78.4 cm³/mol. The zero-order valence-corrected chi connectivity index (χ0v) is 12.2. The third kappa shape index (κ3) is 4.57. The van der Waals surface area contributed by atoms with E-state index < -0.39 is 5.97 Å². The maximum absolute atomic E-state index is 11.9. The van der Waals surface area contributed by atoms with Gasteiger partial charge in [0.1, 0.15) is 0 Å². The predicted octanol–water partition coefficient (Wildman–Crippen LogP) is 2.04. The minimum absolute atomic E-state index is 0.0789. The molecule has 1 atom stereocenters. The monoisotopic (exact) mass is 278 g/mol. The molecule has 0 unspecified atom stereocenters. The van der Waals surface area contributed by atoms with Crippen molar-refractivity contribution < 1.29 is 14.3 Å². The zero-order valence-electron chi connectivity index (χ0n) is 12.2. The number of nitrogens with two attached hydrogens (primary N) is 1. The van der Waals surface area contributed by atoms with Crippen molar-refractivity contribution in [3.8, 4) is 0 Å². The molecule has 1 aromatic carbocycles. The van der Waals surface area contributed by atoms with Crippen molar-refractivity contribution in [2.75, 3.05) is 12.3 Å². The van der Waals surface area contributed by atoms with Crippen molar-refractivity contribution in [2.24, 2.45) is 0 Å². The molecule has 0 saturated heterocycles. The first kappa shape index (κ1) is 16.0. The van der Waals surface area contributed by atoms with Gasteiger partial charge in [-0.3, -0.25) is 4.79 Å². The minimum Gasteiger partial charge on any atom is -0.452 e. The first-order valence-corrected chi connectivity index (χ1v) is 6.77. The second-order valence-electron chi connectivity index (χ2n) is 4.87. The van der Waals surface area contributed by atoms with Gasteiger partial charge in [-0.1, -0.05) is 25.5 Å². The van der Waals surface area contributed by atoms with Crippen molar-refractivity contribution in [1.82, 2.24) is 5.32 Å². The molecular weight excluding hydrogens is 256 g/mol. The lowest BCUT2D eigenvalue weighted by Crippen LogP contribution is -2.35. The average Bonchev–Trinajstić information content (AvgIpc) is 2.39. The van der Waals surface area contributed by atoms with Gasteiger partial charge in [0.15, 0.2) is 6.61 Å². The fourth-order valence-electron chi connectivity index (χ4n) is 1.89. The molecule has 0 aliphatic heterocycles. The molecule has 0 fully saturated rings. The molecular formula is C15H22N2O3. The van der Waals surface area contributed by atoms with Crippen LogP contribution in [0, 0.1) is 6.92 Å². The molecule has 0 heterocycles. The van der Waals surface area contributed by atoms with Crippen molar-refractivity contribution in [3.05, 3.63) is 29.3 Å². The lowest BCUT2D eigenvalue weighted by Gasteiger charge is -2.13. The average molecular weight is 278 g/mol. The Morgan fingerprint density at radius 2 is 2.10 bits per heavy atom. The molecule has 0 aromatic heterocycles. The van der Waals surface area contributed by atoms with Crippen LogP contribution in [-0.4, -0.2) is 24.5 Å². The lowest BCUT2D eigenvalue weighted by atomic mass is 10.1. The minimum atomic E-state index is -0.579. The Labute approximate surface area is 119 Å². The van der Waals surface area contributed by atoms with E-state index in [0.717, 1.165) is 18.4 Å². The number of nitrogens with one attached hydrogen (secondary N) is 1. The van der Waals surface area contributed by atoms with Gasteiger partial charge in [0.2, 0.25) is 0 Å². The van der Waals surface area contributed by atoms with Crippen LogP contribution < -0.4 is 11.1 Å². The summed E-state index contributed by atoms with van der Waals surface area (Å²) in [5, 5.41) is 2.77. The summed E-state index contributed by atoms with van der Waals surface area (Å²) in [6.45, 7) is 5.48. The Kier molecular flexibility index (Phi) is 6.03. The number of esters is 1. The van der Waals surface area contributed by atoms with Crippen LogP contribution in [0.3, 0.4) is 0 Å². The molecule has 0 spiro atoms. The molecule has 5 heteroatoms.